The minimum Gasteiger partial charge on any atom is -0.376 e. The predicted octanol–water partition coefficient (Wildman–Crippen LogP) is 1.51. The minimum absolute atomic E-state index is 0.0218. The van der Waals surface area contributed by atoms with Gasteiger partial charge in [0.05, 0.1) is 25.9 Å². The van der Waals surface area contributed by atoms with Crippen molar-refractivity contribution >= 4 is 0 Å². The highest BCUT2D eigenvalue weighted by Crippen LogP contribution is 2.14. The predicted molar refractivity (Wildman–Crippen MR) is 63.5 cm³/mol. The molecule has 1 aromatic rings. The Morgan fingerprint density at radius 3 is 2.56 bits per heavy atom. The monoisotopic (exact) mass is 257 g/mol. The van der Waals surface area contributed by atoms with E-state index in [0.29, 0.717) is 31.8 Å². The molecular weight excluding hydrogens is 240 g/mol. The average Bonchev–Trinajstić information content (AvgIpc) is 2.36. The number of hydrogen-bond acceptors (Lipinski definition) is 3. The van der Waals surface area contributed by atoms with Gasteiger partial charge >= 0.3 is 0 Å². The molecule has 0 aromatic heterocycles. The minimum atomic E-state index is -0.555. The molecule has 1 heterocycles. The van der Waals surface area contributed by atoms with Gasteiger partial charge in [0.25, 0.3) is 0 Å². The number of ether oxygens (including phenoxy) is 2. The SMILES string of the molecule is CNC(Cc1cc(F)cc(F)c1)C1COCCO1. The third kappa shape index (κ3) is 3.48. The molecule has 2 unspecified atom stereocenters. The maximum absolute atomic E-state index is 13.1. The zero-order chi connectivity index (χ0) is 13.0. The summed E-state index contributed by atoms with van der Waals surface area (Å²) in [5, 5.41) is 3.11. The van der Waals surface area contributed by atoms with Crippen LogP contribution < -0.4 is 5.32 Å². The fraction of sp³-hybridized carbons (Fsp3) is 0.538. The molecule has 1 aliphatic heterocycles. The quantitative estimate of drug-likeness (QED) is 0.887. The summed E-state index contributed by atoms with van der Waals surface area (Å²) < 4.78 is 37.1. The molecule has 1 fully saturated rings. The molecule has 1 N–H and O–H groups in total. The summed E-state index contributed by atoms with van der Waals surface area (Å²) in [6, 6.07) is 3.54. The Morgan fingerprint density at radius 1 is 1.28 bits per heavy atom. The number of likely N-dealkylation sites (N-methyl/N-ethyl adjacent to an activating group) is 1. The second-order valence-corrected chi connectivity index (χ2v) is 4.36. The van der Waals surface area contributed by atoms with Crippen LogP contribution in [0.3, 0.4) is 0 Å². The third-order valence-electron chi connectivity index (χ3n) is 3.04. The van der Waals surface area contributed by atoms with E-state index in [0.717, 1.165) is 6.07 Å². The lowest BCUT2D eigenvalue weighted by atomic mass is 10.0. The van der Waals surface area contributed by atoms with E-state index in [9.17, 15) is 8.78 Å². The van der Waals surface area contributed by atoms with Gasteiger partial charge in [-0.2, -0.15) is 0 Å². The van der Waals surface area contributed by atoms with Crippen molar-refractivity contribution in [2.24, 2.45) is 0 Å². The van der Waals surface area contributed by atoms with Gasteiger partial charge in [0.15, 0.2) is 0 Å². The van der Waals surface area contributed by atoms with Crippen LogP contribution >= 0.6 is 0 Å². The van der Waals surface area contributed by atoms with Gasteiger partial charge in [-0.05, 0) is 31.2 Å². The van der Waals surface area contributed by atoms with Gasteiger partial charge in [0.2, 0.25) is 0 Å². The van der Waals surface area contributed by atoms with Crippen LogP contribution in [0.2, 0.25) is 0 Å². The van der Waals surface area contributed by atoms with Gasteiger partial charge in [0, 0.05) is 12.1 Å². The molecule has 0 radical (unpaired) electrons. The Balaban J connectivity index is 2.04. The van der Waals surface area contributed by atoms with Crippen LogP contribution in [-0.2, 0) is 15.9 Å². The molecule has 18 heavy (non-hydrogen) atoms. The van der Waals surface area contributed by atoms with E-state index < -0.39 is 11.6 Å². The van der Waals surface area contributed by atoms with E-state index >= 15 is 0 Å². The molecule has 100 valence electrons. The van der Waals surface area contributed by atoms with E-state index in [1.165, 1.54) is 12.1 Å². The molecule has 3 nitrogen and oxygen atoms in total. The smallest absolute Gasteiger partial charge is 0.126 e. The summed E-state index contributed by atoms with van der Waals surface area (Å²) >= 11 is 0. The molecule has 0 aliphatic carbocycles. The van der Waals surface area contributed by atoms with E-state index in [1.807, 2.05) is 0 Å². The number of rotatable bonds is 4. The number of halogens is 2. The number of benzene rings is 1. The molecule has 0 amide bonds. The summed E-state index contributed by atoms with van der Waals surface area (Å²) in [5.41, 5.74) is 0.612. The van der Waals surface area contributed by atoms with Crippen molar-refractivity contribution in [3.05, 3.63) is 35.4 Å². The first-order valence-corrected chi connectivity index (χ1v) is 6.00. The molecule has 1 aliphatic rings. The molecule has 1 saturated heterocycles. The van der Waals surface area contributed by atoms with Crippen molar-refractivity contribution in [1.82, 2.24) is 5.32 Å². The lowest BCUT2D eigenvalue weighted by Gasteiger charge is -2.30. The maximum Gasteiger partial charge on any atom is 0.126 e. The first-order valence-electron chi connectivity index (χ1n) is 6.00. The highest BCUT2D eigenvalue weighted by molar-refractivity contribution is 5.19. The summed E-state index contributed by atoms with van der Waals surface area (Å²) in [5.74, 6) is -1.11. The standard InChI is InChI=1S/C13H17F2NO2/c1-16-12(13-8-17-2-3-18-13)6-9-4-10(14)7-11(15)5-9/h4-5,7,12-13,16H,2-3,6,8H2,1H3. The largest absolute Gasteiger partial charge is 0.376 e. The lowest BCUT2D eigenvalue weighted by Crippen LogP contribution is -2.46. The third-order valence-corrected chi connectivity index (χ3v) is 3.04. The van der Waals surface area contributed by atoms with Crippen molar-refractivity contribution < 1.29 is 18.3 Å². The maximum atomic E-state index is 13.1. The number of hydrogen-bond donors (Lipinski definition) is 1. The van der Waals surface area contributed by atoms with Gasteiger partial charge in [-0.1, -0.05) is 0 Å². The highest BCUT2D eigenvalue weighted by atomic mass is 19.1. The van der Waals surface area contributed by atoms with Crippen LogP contribution in [0.5, 0.6) is 0 Å². The van der Waals surface area contributed by atoms with E-state index in [1.54, 1.807) is 7.05 Å². The average molecular weight is 257 g/mol. The summed E-state index contributed by atoms with van der Waals surface area (Å²) in [6.07, 6.45) is 0.411. The summed E-state index contributed by atoms with van der Waals surface area (Å²) in [7, 11) is 1.80. The van der Waals surface area contributed by atoms with Crippen LogP contribution in [0.1, 0.15) is 5.56 Å². The van der Waals surface area contributed by atoms with E-state index in [4.69, 9.17) is 9.47 Å². The van der Waals surface area contributed by atoms with Crippen LogP contribution in [0.15, 0.2) is 18.2 Å². The Hall–Kier alpha value is -1.04. The molecular formula is C13H17F2NO2. The molecule has 5 heteroatoms. The topological polar surface area (TPSA) is 30.5 Å². The van der Waals surface area contributed by atoms with Gasteiger partial charge < -0.3 is 14.8 Å². The Labute approximate surface area is 105 Å². The zero-order valence-electron chi connectivity index (χ0n) is 10.3. The highest BCUT2D eigenvalue weighted by Gasteiger charge is 2.24. The lowest BCUT2D eigenvalue weighted by molar-refractivity contribution is -0.100. The van der Waals surface area contributed by atoms with Crippen molar-refractivity contribution in [3.63, 3.8) is 0 Å². The summed E-state index contributed by atoms with van der Waals surface area (Å²) in [4.78, 5) is 0. The first-order chi connectivity index (χ1) is 8.69. The van der Waals surface area contributed by atoms with Crippen LogP contribution in [-0.4, -0.2) is 39.0 Å². The summed E-state index contributed by atoms with van der Waals surface area (Å²) in [6.45, 7) is 1.66. The molecule has 0 bridgehead atoms. The molecule has 1 aromatic carbocycles. The van der Waals surface area contributed by atoms with Gasteiger partial charge in [-0.25, -0.2) is 8.78 Å². The normalized spacial score (nSPS) is 21.8. The molecule has 0 spiro atoms. The van der Waals surface area contributed by atoms with Crippen LogP contribution in [0.25, 0.3) is 0 Å². The molecule has 2 rings (SSSR count). The van der Waals surface area contributed by atoms with E-state index in [2.05, 4.69) is 5.32 Å². The fourth-order valence-electron chi connectivity index (χ4n) is 2.14. The second kappa shape index (κ2) is 6.22. The molecule has 2 atom stereocenters. The van der Waals surface area contributed by atoms with Crippen molar-refractivity contribution in [1.29, 1.82) is 0 Å². The Morgan fingerprint density at radius 2 is 2.00 bits per heavy atom. The van der Waals surface area contributed by atoms with Crippen LogP contribution in [0, 0.1) is 11.6 Å². The molecule has 0 saturated carbocycles. The number of nitrogens with one attached hydrogen (secondary N) is 1. The van der Waals surface area contributed by atoms with Crippen LogP contribution in [0.4, 0.5) is 8.78 Å². The van der Waals surface area contributed by atoms with Crippen molar-refractivity contribution in [2.75, 3.05) is 26.9 Å². The Kier molecular flexibility index (Phi) is 4.63. The second-order valence-electron chi connectivity index (χ2n) is 4.36. The van der Waals surface area contributed by atoms with E-state index in [-0.39, 0.29) is 12.1 Å². The van der Waals surface area contributed by atoms with Crippen molar-refractivity contribution in [3.8, 4) is 0 Å². The first kappa shape index (κ1) is 13.4. The zero-order valence-corrected chi connectivity index (χ0v) is 10.3. The van der Waals surface area contributed by atoms with Gasteiger partial charge in [0.1, 0.15) is 11.6 Å². The van der Waals surface area contributed by atoms with Gasteiger partial charge in [-0.3, -0.25) is 0 Å². The van der Waals surface area contributed by atoms with Gasteiger partial charge in [-0.15, -0.1) is 0 Å². The Bertz CT molecular complexity index is 374. The fourth-order valence-corrected chi connectivity index (χ4v) is 2.14. The van der Waals surface area contributed by atoms with Crippen molar-refractivity contribution in [2.45, 2.75) is 18.6 Å².